The average Bonchev–Trinajstić information content (AvgIpc) is 3.08. The van der Waals surface area contributed by atoms with Crippen molar-refractivity contribution < 1.29 is 18.4 Å². The van der Waals surface area contributed by atoms with Crippen LogP contribution in [0.25, 0.3) is 11.0 Å². The van der Waals surface area contributed by atoms with Gasteiger partial charge < -0.3 is 15.1 Å². The number of benzene rings is 3. The van der Waals surface area contributed by atoms with E-state index in [1.807, 2.05) is 0 Å². The predicted molar refractivity (Wildman–Crippen MR) is 110 cm³/mol. The fourth-order valence-corrected chi connectivity index (χ4v) is 3.12. The number of anilines is 2. The van der Waals surface area contributed by atoms with E-state index in [0.717, 1.165) is 0 Å². The lowest BCUT2D eigenvalue weighted by Gasteiger charge is -2.08. The number of para-hydroxylation sites is 2. The quantitative estimate of drug-likeness (QED) is 0.453. The van der Waals surface area contributed by atoms with Gasteiger partial charge in [-0.1, -0.05) is 48.0 Å². The van der Waals surface area contributed by atoms with E-state index in [-0.39, 0.29) is 27.7 Å². The Morgan fingerprint density at radius 3 is 2.31 bits per heavy atom. The molecule has 0 saturated heterocycles. The van der Waals surface area contributed by atoms with Crippen LogP contribution in [0.5, 0.6) is 0 Å². The molecule has 4 aromatic rings. The molecule has 0 radical (unpaired) electrons. The molecule has 3 aromatic carbocycles. The van der Waals surface area contributed by atoms with Crippen LogP contribution in [0.2, 0.25) is 5.02 Å². The molecule has 1 heterocycles. The van der Waals surface area contributed by atoms with Crippen LogP contribution in [-0.4, -0.2) is 11.8 Å². The monoisotopic (exact) mass is 408 g/mol. The number of amides is 2. The van der Waals surface area contributed by atoms with Crippen LogP contribution < -0.4 is 10.6 Å². The summed E-state index contributed by atoms with van der Waals surface area (Å²) < 4.78 is 19.6. The molecule has 0 aliphatic carbocycles. The Kier molecular flexibility index (Phi) is 5.01. The second-order valence-electron chi connectivity index (χ2n) is 6.17. The van der Waals surface area contributed by atoms with Gasteiger partial charge in [0.1, 0.15) is 17.1 Å². The van der Waals surface area contributed by atoms with E-state index in [1.54, 1.807) is 54.6 Å². The maximum absolute atomic E-state index is 13.9. The van der Waals surface area contributed by atoms with Gasteiger partial charge in [-0.15, -0.1) is 0 Å². The van der Waals surface area contributed by atoms with Crippen molar-refractivity contribution in [3.63, 3.8) is 0 Å². The first-order valence-corrected chi connectivity index (χ1v) is 9.05. The van der Waals surface area contributed by atoms with Crippen molar-refractivity contribution in [3.05, 3.63) is 95.0 Å². The summed E-state index contributed by atoms with van der Waals surface area (Å²) in [6.07, 6.45) is 0. The van der Waals surface area contributed by atoms with Crippen LogP contribution in [-0.2, 0) is 0 Å². The molecule has 1 aromatic heterocycles. The zero-order chi connectivity index (χ0) is 20.4. The molecule has 0 saturated carbocycles. The predicted octanol–water partition coefficient (Wildman–Crippen LogP) is 5.73. The van der Waals surface area contributed by atoms with Gasteiger partial charge in [0.15, 0.2) is 0 Å². The van der Waals surface area contributed by atoms with Gasteiger partial charge in [-0.05, 0) is 36.4 Å². The van der Waals surface area contributed by atoms with Crippen LogP contribution in [0, 0.1) is 5.82 Å². The number of hydrogen-bond donors (Lipinski definition) is 2. The van der Waals surface area contributed by atoms with Crippen molar-refractivity contribution in [1.29, 1.82) is 0 Å². The number of carbonyl (C=O) groups is 2. The Hall–Kier alpha value is -3.64. The largest absolute Gasteiger partial charge is 0.449 e. The second-order valence-corrected chi connectivity index (χ2v) is 6.58. The summed E-state index contributed by atoms with van der Waals surface area (Å²) >= 11 is 6.10. The van der Waals surface area contributed by atoms with Gasteiger partial charge in [0.25, 0.3) is 11.8 Å². The summed E-state index contributed by atoms with van der Waals surface area (Å²) in [5.41, 5.74) is 0.834. The summed E-state index contributed by atoms with van der Waals surface area (Å²) in [5, 5.41) is 5.97. The summed E-state index contributed by atoms with van der Waals surface area (Å²) in [6, 6.07) is 19.2. The minimum Gasteiger partial charge on any atom is -0.449 e. The first-order valence-electron chi connectivity index (χ1n) is 8.68. The van der Waals surface area contributed by atoms with Gasteiger partial charge in [-0.3, -0.25) is 9.59 Å². The highest BCUT2D eigenvalue weighted by atomic mass is 35.5. The molecule has 0 fully saturated rings. The summed E-state index contributed by atoms with van der Waals surface area (Å²) in [5.74, 6) is -1.92. The lowest BCUT2D eigenvalue weighted by atomic mass is 10.1. The summed E-state index contributed by atoms with van der Waals surface area (Å²) in [7, 11) is 0. The van der Waals surface area contributed by atoms with Crippen molar-refractivity contribution in [1.82, 2.24) is 0 Å². The van der Waals surface area contributed by atoms with Gasteiger partial charge in [0.2, 0.25) is 5.76 Å². The van der Waals surface area contributed by atoms with E-state index in [4.69, 9.17) is 16.0 Å². The van der Waals surface area contributed by atoms with Gasteiger partial charge in [0, 0.05) is 5.39 Å². The standard InChI is InChI=1S/C22H14ClFN2O3/c23-15-9-3-1-7-13(15)21(27)26-19-14-8-2-6-12-18(14)29-20(19)22(28)25-17-11-5-4-10-16(17)24/h1-12H,(H,25,28)(H,26,27). The first-order chi connectivity index (χ1) is 14.0. The van der Waals surface area contributed by atoms with Crippen LogP contribution in [0.3, 0.4) is 0 Å². The van der Waals surface area contributed by atoms with Gasteiger partial charge in [0.05, 0.1) is 16.3 Å². The molecule has 0 unspecified atom stereocenters. The number of hydrogen-bond acceptors (Lipinski definition) is 3. The van der Waals surface area contributed by atoms with Gasteiger partial charge in [-0.25, -0.2) is 4.39 Å². The van der Waals surface area contributed by atoms with E-state index in [2.05, 4.69) is 10.6 Å². The minimum atomic E-state index is -0.694. The van der Waals surface area contributed by atoms with Crippen LogP contribution in [0.4, 0.5) is 15.8 Å². The van der Waals surface area contributed by atoms with Crippen molar-refractivity contribution in [2.75, 3.05) is 10.6 Å². The SMILES string of the molecule is O=C(Nc1c(C(=O)Nc2ccccc2F)oc2ccccc12)c1ccccc1Cl. The smallest absolute Gasteiger partial charge is 0.293 e. The molecule has 0 aliphatic rings. The molecule has 144 valence electrons. The molecule has 7 heteroatoms. The van der Waals surface area contributed by atoms with E-state index in [9.17, 15) is 14.0 Å². The number of carbonyl (C=O) groups excluding carboxylic acids is 2. The summed E-state index contributed by atoms with van der Waals surface area (Å²) in [4.78, 5) is 25.5. The molecule has 2 N–H and O–H groups in total. The van der Waals surface area contributed by atoms with Crippen LogP contribution in [0.15, 0.2) is 77.2 Å². The molecule has 0 spiro atoms. The fourth-order valence-electron chi connectivity index (χ4n) is 2.90. The highest BCUT2D eigenvalue weighted by Gasteiger charge is 2.24. The van der Waals surface area contributed by atoms with Crippen molar-refractivity contribution in [2.24, 2.45) is 0 Å². The Labute approximate surface area is 170 Å². The Balaban J connectivity index is 1.73. The lowest BCUT2D eigenvalue weighted by molar-refractivity contribution is 0.0999. The normalized spacial score (nSPS) is 10.7. The van der Waals surface area contributed by atoms with E-state index in [1.165, 1.54) is 18.2 Å². The third kappa shape index (κ3) is 3.70. The highest BCUT2D eigenvalue weighted by molar-refractivity contribution is 6.34. The maximum Gasteiger partial charge on any atom is 0.293 e. The van der Waals surface area contributed by atoms with Crippen molar-refractivity contribution in [2.45, 2.75) is 0 Å². The number of furan rings is 1. The lowest BCUT2D eigenvalue weighted by Crippen LogP contribution is -2.17. The van der Waals surface area contributed by atoms with Crippen LogP contribution >= 0.6 is 11.6 Å². The average molecular weight is 409 g/mol. The molecular formula is C22H14ClFN2O3. The first kappa shape index (κ1) is 18.7. The molecule has 2 amide bonds. The van der Waals surface area contributed by atoms with Crippen molar-refractivity contribution >= 4 is 45.8 Å². The Bertz CT molecular complexity index is 1240. The van der Waals surface area contributed by atoms with Crippen LogP contribution in [0.1, 0.15) is 20.9 Å². The molecule has 0 aliphatic heterocycles. The molecule has 5 nitrogen and oxygen atoms in total. The Morgan fingerprint density at radius 1 is 0.828 bits per heavy atom. The highest BCUT2D eigenvalue weighted by Crippen LogP contribution is 2.32. The summed E-state index contributed by atoms with van der Waals surface area (Å²) in [6.45, 7) is 0. The van der Waals surface area contributed by atoms with E-state index < -0.39 is 17.6 Å². The fraction of sp³-hybridized carbons (Fsp3) is 0. The third-order valence-electron chi connectivity index (χ3n) is 4.28. The molecular weight excluding hydrogens is 395 g/mol. The zero-order valence-corrected chi connectivity index (χ0v) is 15.7. The van der Waals surface area contributed by atoms with Gasteiger partial charge >= 0.3 is 0 Å². The Morgan fingerprint density at radius 2 is 1.52 bits per heavy atom. The molecule has 0 atom stereocenters. The van der Waals surface area contributed by atoms with E-state index in [0.29, 0.717) is 11.0 Å². The molecule has 4 rings (SSSR count). The zero-order valence-electron chi connectivity index (χ0n) is 14.9. The van der Waals surface area contributed by atoms with E-state index >= 15 is 0 Å². The second kappa shape index (κ2) is 7.77. The van der Waals surface area contributed by atoms with Crippen molar-refractivity contribution in [3.8, 4) is 0 Å². The number of nitrogens with one attached hydrogen (secondary N) is 2. The number of halogens is 2. The topological polar surface area (TPSA) is 71.3 Å². The maximum atomic E-state index is 13.9. The third-order valence-corrected chi connectivity index (χ3v) is 4.61. The molecule has 29 heavy (non-hydrogen) atoms. The minimum absolute atomic E-state index is 0.00124. The van der Waals surface area contributed by atoms with Gasteiger partial charge in [-0.2, -0.15) is 0 Å². The number of fused-ring (bicyclic) bond motifs is 1. The molecule has 0 bridgehead atoms. The number of rotatable bonds is 4.